The van der Waals surface area contributed by atoms with Gasteiger partial charge in [0.2, 0.25) is 11.8 Å². The Morgan fingerprint density at radius 1 is 0.971 bits per heavy atom. The Kier molecular flexibility index (Phi) is 7.70. The van der Waals surface area contributed by atoms with Crippen LogP contribution in [0.3, 0.4) is 0 Å². The molecule has 9 heteroatoms. The summed E-state index contributed by atoms with van der Waals surface area (Å²) < 4.78 is 12.1. The molecule has 0 N–H and O–H groups in total. The smallest absolute Gasteiger partial charge is 0.261 e. The number of aryl methyl sites for hydroxylation is 1. The highest BCUT2D eigenvalue weighted by Gasteiger charge is 2.26. The van der Waals surface area contributed by atoms with Crippen molar-refractivity contribution >= 4 is 22.7 Å². The summed E-state index contributed by atoms with van der Waals surface area (Å²) >= 11 is 0. The number of hydrogen-bond acceptors (Lipinski definition) is 6. The van der Waals surface area contributed by atoms with Crippen molar-refractivity contribution < 1.29 is 19.1 Å². The summed E-state index contributed by atoms with van der Waals surface area (Å²) in [7, 11) is 3.06. The lowest BCUT2D eigenvalue weighted by Crippen LogP contribution is -2.50. The topological polar surface area (TPSA) is 94.0 Å². The van der Waals surface area contributed by atoms with E-state index in [1.807, 2.05) is 9.80 Å². The first-order chi connectivity index (χ1) is 16.5. The Labute approximate surface area is 199 Å². The number of fused-ring (bicyclic) bond motifs is 1. The molecule has 34 heavy (non-hydrogen) atoms. The van der Waals surface area contributed by atoms with Crippen LogP contribution in [0.25, 0.3) is 10.9 Å². The van der Waals surface area contributed by atoms with E-state index in [0.29, 0.717) is 80.3 Å². The van der Waals surface area contributed by atoms with Gasteiger partial charge in [-0.25, -0.2) is 4.98 Å². The number of methoxy groups -OCH3 is 2. The van der Waals surface area contributed by atoms with Crippen LogP contribution >= 0.6 is 0 Å². The van der Waals surface area contributed by atoms with Crippen LogP contribution in [0.1, 0.15) is 44.9 Å². The van der Waals surface area contributed by atoms with E-state index in [4.69, 9.17) is 9.47 Å². The molecule has 0 atom stereocenters. The van der Waals surface area contributed by atoms with Crippen LogP contribution in [0.4, 0.5) is 0 Å². The van der Waals surface area contributed by atoms with Gasteiger partial charge in [-0.3, -0.25) is 19.0 Å². The summed E-state index contributed by atoms with van der Waals surface area (Å²) in [5, 5.41) is 0.449. The van der Waals surface area contributed by atoms with Crippen molar-refractivity contribution in [2.24, 2.45) is 5.92 Å². The zero-order valence-electron chi connectivity index (χ0n) is 20.1. The third-order valence-electron chi connectivity index (χ3n) is 7.04. The molecule has 1 saturated carbocycles. The van der Waals surface area contributed by atoms with Crippen molar-refractivity contribution in [3.05, 3.63) is 28.8 Å². The van der Waals surface area contributed by atoms with Gasteiger partial charge < -0.3 is 19.3 Å². The third kappa shape index (κ3) is 5.34. The highest BCUT2D eigenvalue weighted by atomic mass is 16.5. The van der Waals surface area contributed by atoms with Gasteiger partial charge in [0.15, 0.2) is 11.5 Å². The van der Waals surface area contributed by atoms with Crippen LogP contribution < -0.4 is 15.0 Å². The first kappa shape index (κ1) is 24.0. The van der Waals surface area contributed by atoms with Crippen molar-refractivity contribution in [3.63, 3.8) is 0 Å². The summed E-state index contributed by atoms with van der Waals surface area (Å²) in [6, 6.07) is 3.32. The fourth-order valence-electron chi connectivity index (χ4n) is 5.00. The number of amides is 2. The second-order valence-corrected chi connectivity index (χ2v) is 9.19. The molecule has 1 aliphatic carbocycles. The number of benzene rings is 1. The lowest BCUT2D eigenvalue weighted by atomic mass is 10.0. The first-order valence-electron chi connectivity index (χ1n) is 12.2. The van der Waals surface area contributed by atoms with Gasteiger partial charge in [-0.1, -0.05) is 12.8 Å². The molecule has 2 aliphatic rings. The zero-order chi connectivity index (χ0) is 24.1. The third-order valence-corrected chi connectivity index (χ3v) is 7.04. The van der Waals surface area contributed by atoms with Crippen LogP contribution in [0.5, 0.6) is 11.5 Å². The van der Waals surface area contributed by atoms with Crippen molar-refractivity contribution in [1.82, 2.24) is 19.4 Å². The number of rotatable bonds is 8. The van der Waals surface area contributed by atoms with Gasteiger partial charge >= 0.3 is 0 Å². The molecule has 4 rings (SSSR count). The Bertz CT molecular complexity index is 1080. The van der Waals surface area contributed by atoms with Gasteiger partial charge in [-0.15, -0.1) is 0 Å². The predicted molar refractivity (Wildman–Crippen MR) is 128 cm³/mol. The quantitative estimate of drug-likeness (QED) is 0.588. The highest BCUT2D eigenvalue weighted by molar-refractivity contribution is 5.81. The number of aromatic nitrogens is 2. The minimum absolute atomic E-state index is 0.0658. The Morgan fingerprint density at radius 2 is 1.59 bits per heavy atom. The minimum Gasteiger partial charge on any atom is -0.493 e. The molecule has 2 fully saturated rings. The number of nitrogens with zero attached hydrogens (tertiary/aromatic N) is 4. The maximum atomic E-state index is 12.9. The lowest BCUT2D eigenvalue weighted by Gasteiger charge is -2.35. The monoisotopic (exact) mass is 470 g/mol. The van der Waals surface area contributed by atoms with E-state index in [2.05, 4.69) is 4.98 Å². The van der Waals surface area contributed by atoms with E-state index in [-0.39, 0.29) is 17.4 Å². The summed E-state index contributed by atoms with van der Waals surface area (Å²) in [6.07, 6.45) is 7.88. The van der Waals surface area contributed by atoms with E-state index in [1.54, 1.807) is 12.1 Å². The standard InChI is InChI=1S/C25H34N4O5/c1-33-21-15-19-20(16-22(21)34-2)26-17-29(25(19)32)9-5-8-23(30)27-10-12-28(13-11-27)24(31)14-18-6-3-4-7-18/h15-18H,3-14H2,1-2H3. The van der Waals surface area contributed by atoms with Crippen LogP contribution in [0.15, 0.2) is 23.3 Å². The molecule has 0 unspecified atom stereocenters. The molecule has 0 bridgehead atoms. The van der Waals surface area contributed by atoms with Crippen molar-refractivity contribution in [1.29, 1.82) is 0 Å². The first-order valence-corrected chi connectivity index (χ1v) is 12.2. The summed E-state index contributed by atoms with van der Waals surface area (Å²) in [5.74, 6) is 1.84. The fourth-order valence-corrected chi connectivity index (χ4v) is 5.00. The SMILES string of the molecule is COc1cc2ncn(CCCC(=O)N3CCN(C(=O)CC4CCCC4)CC3)c(=O)c2cc1OC. The van der Waals surface area contributed by atoms with Crippen molar-refractivity contribution in [2.75, 3.05) is 40.4 Å². The molecule has 2 amide bonds. The number of piperazine rings is 1. The van der Waals surface area contributed by atoms with Crippen LogP contribution in [0.2, 0.25) is 0 Å². The lowest BCUT2D eigenvalue weighted by molar-refractivity contribution is -0.140. The maximum absolute atomic E-state index is 12.9. The van der Waals surface area contributed by atoms with Gasteiger partial charge in [-0.05, 0) is 31.2 Å². The van der Waals surface area contributed by atoms with E-state index in [0.717, 1.165) is 0 Å². The van der Waals surface area contributed by atoms with Crippen molar-refractivity contribution in [3.8, 4) is 11.5 Å². The Balaban J connectivity index is 1.27. The Morgan fingerprint density at radius 3 is 2.24 bits per heavy atom. The second-order valence-electron chi connectivity index (χ2n) is 9.19. The molecule has 0 spiro atoms. The molecule has 1 aliphatic heterocycles. The molecule has 9 nitrogen and oxygen atoms in total. The average molecular weight is 471 g/mol. The summed E-state index contributed by atoms with van der Waals surface area (Å²) in [6.45, 7) is 2.78. The normalized spacial score (nSPS) is 16.8. The van der Waals surface area contributed by atoms with Gasteiger partial charge in [0.1, 0.15) is 0 Å². The van der Waals surface area contributed by atoms with Gasteiger partial charge in [0.05, 0.1) is 31.4 Å². The van der Waals surface area contributed by atoms with Crippen LogP contribution in [0, 0.1) is 5.92 Å². The van der Waals surface area contributed by atoms with Crippen LogP contribution in [-0.2, 0) is 16.1 Å². The molecule has 1 saturated heterocycles. The predicted octanol–water partition coefficient (Wildman–Crippen LogP) is 2.44. The van der Waals surface area contributed by atoms with Gasteiger partial charge in [-0.2, -0.15) is 0 Å². The molecule has 2 heterocycles. The number of ether oxygens (including phenoxy) is 2. The molecule has 1 aromatic carbocycles. The van der Waals surface area contributed by atoms with Crippen LogP contribution in [-0.4, -0.2) is 71.6 Å². The maximum Gasteiger partial charge on any atom is 0.261 e. The summed E-state index contributed by atoms with van der Waals surface area (Å²) in [4.78, 5) is 46.2. The van der Waals surface area contributed by atoms with E-state index in [9.17, 15) is 14.4 Å². The van der Waals surface area contributed by atoms with Gasteiger partial charge in [0.25, 0.3) is 5.56 Å². The molecular weight excluding hydrogens is 436 g/mol. The molecular formula is C25H34N4O5. The number of carbonyl (C=O) groups is 2. The average Bonchev–Trinajstić information content (AvgIpc) is 3.37. The molecule has 1 aromatic heterocycles. The summed E-state index contributed by atoms with van der Waals surface area (Å²) in [5.41, 5.74) is 0.364. The highest BCUT2D eigenvalue weighted by Crippen LogP contribution is 2.30. The van der Waals surface area contributed by atoms with Crippen molar-refractivity contribution in [2.45, 2.75) is 51.5 Å². The Hall–Kier alpha value is -3.10. The minimum atomic E-state index is -0.173. The second kappa shape index (κ2) is 10.9. The molecule has 2 aromatic rings. The fraction of sp³-hybridized carbons (Fsp3) is 0.600. The van der Waals surface area contributed by atoms with E-state index in [1.165, 1.54) is 50.8 Å². The zero-order valence-corrected chi connectivity index (χ0v) is 20.1. The number of hydrogen-bond donors (Lipinski definition) is 0. The van der Waals surface area contributed by atoms with E-state index < -0.39 is 0 Å². The molecule has 184 valence electrons. The number of carbonyl (C=O) groups excluding carboxylic acids is 2. The van der Waals surface area contributed by atoms with E-state index >= 15 is 0 Å². The molecule has 0 radical (unpaired) electrons. The largest absolute Gasteiger partial charge is 0.493 e. The van der Waals surface area contributed by atoms with Gasteiger partial charge in [0, 0.05) is 51.6 Å².